The lowest BCUT2D eigenvalue weighted by molar-refractivity contribution is 0.155. The molecule has 2 nitrogen and oxygen atoms in total. The molecule has 1 unspecified atom stereocenters. The van der Waals surface area contributed by atoms with Crippen molar-refractivity contribution in [2.24, 2.45) is 5.73 Å². The fraction of sp³-hybridized carbons (Fsp3) is 0.538. The maximum atomic E-state index is 14.1. The van der Waals surface area contributed by atoms with Crippen LogP contribution in [0.4, 0.5) is 10.1 Å². The summed E-state index contributed by atoms with van der Waals surface area (Å²) in [5, 5.41) is 0.727. The van der Waals surface area contributed by atoms with Gasteiger partial charge in [-0.25, -0.2) is 4.39 Å². The van der Waals surface area contributed by atoms with Gasteiger partial charge in [0.1, 0.15) is 5.67 Å². The minimum absolute atomic E-state index is 0.126. The first-order valence-electron chi connectivity index (χ1n) is 6.02. The summed E-state index contributed by atoms with van der Waals surface area (Å²) in [7, 11) is 0. The molecule has 1 atom stereocenters. The number of rotatable bonds is 2. The van der Waals surface area contributed by atoms with Gasteiger partial charge in [0, 0.05) is 36.8 Å². The molecular formula is C13H18ClFN2. The predicted molar refractivity (Wildman–Crippen MR) is 70.4 cm³/mol. The molecule has 1 aromatic carbocycles. The monoisotopic (exact) mass is 256 g/mol. The van der Waals surface area contributed by atoms with Crippen molar-refractivity contribution in [3.8, 4) is 0 Å². The molecule has 0 radical (unpaired) electrons. The van der Waals surface area contributed by atoms with Gasteiger partial charge in [0.25, 0.3) is 0 Å². The van der Waals surface area contributed by atoms with Crippen molar-refractivity contribution in [3.05, 3.63) is 29.3 Å². The maximum absolute atomic E-state index is 14.1. The van der Waals surface area contributed by atoms with Crippen molar-refractivity contribution < 1.29 is 4.39 Å². The Morgan fingerprint density at radius 2 is 1.94 bits per heavy atom. The molecule has 0 bridgehead atoms. The van der Waals surface area contributed by atoms with Crippen molar-refractivity contribution in [3.63, 3.8) is 0 Å². The average Bonchev–Trinajstić information content (AvgIpc) is 2.53. The van der Waals surface area contributed by atoms with Gasteiger partial charge >= 0.3 is 0 Å². The summed E-state index contributed by atoms with van der Waals surface area (Å²) < 4.78 is 14.1. The molecule has 17 heavy (non-hydrogen) atoms. The molecule has 0 amide bonds. The summed E-state index contributed by atoms with van der Waals surface area (Å²) in [4.78, 5) is 2.20. The molecule has 2 rings (SSSR count). The average molecular weight is 257 g/mol. The van der Waals surface area contributed by atoms with Crippen LogP contribution in [-0.4, -0.2) is 25.3 Å². The van der Waals surface area contributed by atoms with E-state index < -0.39 is 5.67 Å². The highest BCUT2D eigenvalue weighted by Gasteiger charge is 2.30. The van der Waals surface area contributed by atoms with Crippen LogP contribution >= 0.6 is 11.6 Å². The number of benzene rings is 1. The Bertz CT molecular complexity index is 368. The van der Waals surface area contributed by atoms with Gasteiger partial charge in [0.2, 0.25) is 0 Å². The van der Waals surface area contributed by atoms with Gasteiger partial charge in [-0.15, -0.1) is 0 Å². The van der Waals surface area contributed by atoms with E-state index in [1.165, 1.54) is 0 Å². The minimum atomic E-state index is -1.18. The zero-order valence-electron chi connectivity index (χ0n) is 9.83. The van der Waals surface area contributed by atoms with Crippen LogP contribution < -0.4 is 10.6 Å². The van der Waals surface area contributed by atoms with Gasteiger partial charge in [0.15, 0.2) is 0 Å². The SMILES string of the molecule is NCC1(F)CCCN(c2ccc(Cl)cc2)CC1. The molecule has 0 saturated carbocycles. The number of hydrogen-bond donors (Lipinski definition) is 1. The van der Waals surface area contributed by atoms with Crippen molar-refractivity contribution in [1.82, 2.24) is 0 Å². The van der Waals surface area contributed by atoms with Crippen LogP contribution in [0.25, 0.3) is 0 Å². The van der Waals surface area contributed by atoms with Crippen molar-refractivity contribution in [2.45, 2.75) is 24.9 Å². The molecule has 1 saturated heterocycles. The van der Waals surface area contributed by atoms with Gasteiger partial charge < -0.3 is 10.6 Å². The lowest BCUT2D eigenvalue weighted by Gasteiger charge is -2.24. The standard InChI is InChI=1S/C13H18ClFN2/c14-11-2-4-12(5-3-11)17-8-1-6-13(15,10-16)7-9-17/h2-5H,1,6-10,16H2. The number of nitrogens with two attached hydrogens (primary N) is 1. The van der Waals surface area contributed by atoms with E-state index in [1.54, 1.807) is 0 Å². The first-order chi connectivity index (χ1) is 8.13. The van der Waals surface area contributed by atoms with Crippen LogP contribution in [0.2, 0.25) is 5.02 Å². The van der Waals surface area contributed by atoms with Crippen LogP contribution in [0.3, 0.4) is 0 Å². The highest BCUT2D eigenvalue weighted by Crippen LogP contribution is 2.28. The van der Waals surface area contributed by atoms with Crippen LogP contribution in [0.15, 0.2) is 24.3 Å². The Balaban J connectivity index is 2.06. The normalized spacial score (nSPS) is 25.7. The Kier molecular flexibility index (Phi) is 3.89. The molecule has 94 valence electrons. The molecule has 0 aliphatic carbocycles. The van der Waals surface area contributed by atoms with E-state index in [-0.39, 0.29) is 6.54 Å². The number of alkyl halides is 1. The summed E-state index contributed by atoms with van der Waals surface area (Å²) in [6.07, 6.45) is 1.91. The molecule has 0 aromatic heterocycles. The molecule has 1 fully saturated rings. The fourth-order valence-corrected chi connectivity index (χ4v) is 2.40. The Morgan fingerprint density at radius 3 is 2.59 bits per heavy atom. The molecule has 2 N–H and O–H groups in total. The largest absolute Gasteiger partial charge is 0.371 e. The van der Waals surface area contributed by atoms with Crippen LogP contribution in [0, 0.1) is 0 Å². The zero-order valence-corrected chi connectivity index (χ0v) is 10.6. The lowest BCUT2D eigenvalue weighted by Crippen LogP contribution is -2.34. The smallest absolute Gasteiger partial charge is 0.124 e. The third-order valence-corrected chi connectivity index (χ3v) is 3.69. The summed E-state index contributed by atoms with van der Waals surface area (Å²) in [6.45, 7) is 1.73. The Labute approximate surface area is 107 Å². The Morgan fingerprint density at radius 1 is 1.24 bits per heavy atom. The summed E-state index contributed by atoms with van der Waals surface area (Å²) >= 11 is 5.86. The van der Waals surface area contributed by atoms with Gasteiger partial charge in [-0.1, -0.05) is 11.6 Å². The lowest BCUT2D eigenvalue weighted by atomic mass is 9.97. The van der Waals surface area contributed by atoms with Crippen molar-refractivity contribution in [2.75, 3.05) is 24.5 Å². The van der Waals surface area contributed by atoms with Crippen LogP contribution in [0.1, 0.15) is 19.3 Å². The highest BCUT2D eigenvalue weighted by atomic mass is 35.5. The van der Waals surface area contributed by atoms with Gasteiger partial charge in [-0.2, -0.15) is 0 Å². The first-order valence-corrected chi connectivity index (χ1v) is 6.40. The molecule has 1 aromatic rings. The summed E-state index contributed by atoms with van der Waals surface area (Å²) in [6, 6.07) is 7.70. The third-order valence-electron chi connectivity index (χ3n) is 3.44. The van der Waals surface area contributed by atoms with E-state index in [0.29, 0.717) is 12.8 Å². The number of nitrogens with zero attached hydrogens (tertiary/aromatic N) is 1. The molecule has 0 spiro atoms. The number of hydrogen-bond acceptors (Lipinski definition) is 2. The quantitative estimate of drug-likeness (QED) is 0.882. The Hall–Kier alpha value is -0.800. The highest BCUT2D eigenvalue weighted by molar-refractivity contribution is 6.30. The van der Waals surface area contributed by atoms with Crippen molar-refractivity contribution >= 4 is 17.3 Å². The van der Waals surface area contributed by atoms with E-state index in [4.69, 9.17) is 17.3 Å². The van der Waals surface area contributed by atoms with Crippen LogP contribution in [-0.2, 0) is 0 Å². The molecule has 4 heteroatoms. The molecule has 1 aliphatic rings. The van der Waals surface area contributed by atoms with Crippen molar-refractivity contribution in [1.29, 1.82) is 0 Å². The second kappa shape index (κ2) is 5.23. The van der Waals surface area contributed by atoms with E-state index in [2.05, 4.69) is 4.90 Å². The maximum Gasteiger partial charge on any atom is 0.124 e. The molecule has 1 heterocycles. The summed E-state index contributed by atoms with van der Waals surface area (Å²) in [5.41, 5.74) is 5.43. The molecular weight excluding hydrogens is 239 g/mol. The summed E-state index contributed by atoms with van der Waals surface area (Å²) in [5.74, 6) is 0. The minimum Gasteiger partial charge on any atom is -0.371 e. The number of halogens is 2. The van der Waals surface area contributed by atoms with E-state index in [0.717, 1.165) is 30.2 Å². The molecule has 1 aliphatic heterocycles. The van der Waals surface area contributed by atoms with E-state index in [1.807, 2.05) is 24.3 Å². The first kappa shape index (κ1) is 12.7. The van der Waals surface area contributed by atoms with E-state index >= 15 is 0 Å². The van der Waals surface area contributed by atoms with Crippen LogP contribution in [0.5, 0.6) is 0 Å². The third kappa shape index (κ3) is 3.11. The zero-order chi connectivity index (χ0) is 12.3. The second-order valence-electron chi connectivity index (χ2n) is 4.67. The number of anilines is 1. The van der Waals surface area contributed by atoms with E-state index in [9.17, 15) is 4.39 Å². The van der Waals surface area contributed by atoms with Gasteiger partial charge in [-0.05, 0) is 37.1 Å². The predicted octanol–water partition coefficient (Wildman–Crippen LogP) is 3.00. The second-order valence-corrected chi connectivity index (χ2v) is 5.11. The van der Waals surface area contributed by atoms with Gasteiger partial charge in [0.05, 0.1) is 0 Å². The van der Waals surface area contributed by atoms with Gasteiger partial charge in [-0.3, -0.25) is 0 Å². The topological polar surface area (TPSA) is 29.3 Å². The fourth-order valence-electron chi connectivity index (χ4n) is 2.27.